The molecule has 28 heavy (non-hydrogen) atoms. The highest BCUT2D eigenvalue weighted by molar-refractivity contribution is 5.86. The van der Waals surface area contributed by atoms with Gasteiger partial charge in [-0.2, -0.15) is 0 Å². The van der Waals surface area contributed by atoms with Crippen molar-refractivity contribution in [3.63, 3.8) is 0 Å². The van der Waals surface area contributed by atoms with Gasteiger partial charge < -0.3 is 20.3 Å². The predicted molar refractivity (Wildman–Crippen MR) is 114 cm³/mol. The number of benzene rings is 1. The third kappa shape index (κ3) is 6.71. The molecule has 2 N–H and O–H groups in total. The zero-order valence-electron chi connectivity index (χ0n) is 17.9. The van der Waals surface area contributed by atoms with Crippen LogP contribution in [0.2, 0.25) is 0 Å². The zero-order valence-corrected chi connectivity index (χ0v) is 17.9. The second-order valence-corrected chi connectivity index (χ2v) is 7.47. The quantitative estimate of drug-likeness (QED) is 0.522. The monoisotopic (exact) mass is 389 g/mol. The second-order valence-electron chi connectivity index (χ2n) is 7.47. The first kappa shape index (κ1) is 22.0. The molecule has 7 heteroatoms. The summed E-state index contributed by atoms with van der Waals surface area (Å²) in [6.45, 7) is 8.03. The van der Waals surface area contributed by atoms with Crippen LogP contribution in [0.4, 0.5) is 0 Å². The van der Waals surface area contributed by atoms with Gasteiger partial charge in [0.15, 0.2) is 5.96 Å². The molecule has 1 aliphatic heterocycles. The molecular formula is C21H35N5O2. The number of amides is 1. The molecule has 1 aromatic carbocycles. The Kier molecular flexibility index (Phi) is 8.57. The summed E-state index contributed by atoms with van der Waals surface area (Å²) in [5.41, 5.74) is 2.22. The fraction of sp³-hybridized carbons (Fsp3) is 0.619. The van der Waals surface area contributed by atoms with Crippen LogP contribution in [0.25, 0.3) is 0 Å². The van der Waals surface area contributed by atoms with Gasteiger partial charge in [0.05, 0.1) is 20.2 Å². The first-order chi connectivity index (χ1) is 13.4. The summed E-state index contributed by atoms with van der Waals surface area (Å²) in [5, 5.41) is 6.60. The zero-order chi connectivity index (χ0) is 20.5. The molecule has 1 aromatic rings. The third-order valence-corrected chi connectivity index (χ3v) is 5.08. The fourth-order valence-electron chi connectivity index (χ4n) is 3.45. The lowest BCUT2D eigenvalue weighted by atomic mass is 10.1. The van der Waals surface area contributed by atoms with Crippen molar-refractivity contribution in [3.05, 3.63) is 29.3 Å². The molecule has 1 atom stereocenters. The van der Waals surface area contributed by atoms with Crippen LogP contribution in [-0.2, 0) is 11.3 Å². The number of guanidine groups is 1. The molecule has 0 bridgehead atoms. The maximum atomic E-state index is 12.0. The van der Waals surface area contributed by atoms with Crippen molar-refractivity contribution in [2.24, 2.45) is 4.99 Å². The normalized spacial score (nSPS) is 17.5. The first-order valence-electron chi connectivity index (χ1n) is 10.0. The number of methoxy groups -OCH3 is 1. The van der Waals surface area contributed by atoms with Gasteiger partial charge in [-0.1, -0.05) is 13.0 Å². The highest BCUT2D eigenvalue weighted by Gasteiger charge is 2.22. The number of hydrogen-bond donors (Lipinski definition) is 2. The van der Waals surface area contributed by atoms with Crippen molar-refractivity contribution in [2.45, 2.75) is 39.3 Å². The third-order valence-electron chi connectivity index (χ3n) is 5.08. The maximum Gasteiger partial charge on any atom is 0.241 e. The summed E-state index contributed by atoms with van der Waals surface area (Å²) in [4.78, 5) is 20.7. The van der Waals surface area contributed by atoms with E-state index in [0.29, 0.717) is 18.5 Å². The first-order valence-corrected chi connectivity index (χ1v) is 10.0. The second kappa shape index (κ2) is 10.9. The lowest BCUT2D eigenvalue weighted by Crippen LogP contribution is -2.47. The summed E-state index contributed by atoms with van der Waals surface area (Å²) in [6.07, 6.45) is 2.43. The topological polar surface area (TPSA) is 69.2 Å². The van der Waals surface area contributed by atoms with Crippen LogP contribution in [0.3, 0.4) is 0 Å². The Hall–Kier alpha value is -2.28. The summed E-state index contributed by atoms with van der Waals surface area (Å²) >= 11 is 0. The SMILES string of the molecule is CCN1CCCC1CNC(=NCc1cc(C)cc(OC)c1)NCC(=O)N(C)C. The molecule has 0 aromatic heterocycles. The van der Waals surface area contributed by atoms with Crippen LogP contribution in [0.1, 0.15) is 30.9 Å². The number of aliphatic imine (C=N–C) groups is 1. The molecule has 1 heterocycles. The molecule has 1 aliphatic rings. The highest BCUT2D eigenvalue weighted by Crippen LogP contribution is 2.17. The van der Waals surface area contributed by atoms with E-state index < -0.39 is 0 Å². The molecule has 7 nitrogen and oxygen atoms in total. The Morgan fingerprint density at radius 2 is 2.11 bits per heavy atom. The number of carbonyl (C=O) groups is 1. The van der Waals surface area contributed by atoms with Crippen molar-refractivity contribution in [2.75, 3.05) is 47.4 Å². The van der Waals surface area contributed by atoms with Gasteiger partial charge in [0.1, 0.15) is 5.75 Å². The van der Waals surface area contributed by atoms with Gasteiger partial charge in [-0.15, -0.1) is 0 Å². The smallest absolute Gasteiger partial charge is 0.241 e. The molecule has 0 radical (unpaired) electrons. The maximum absolute atomic E-state index is 12.0. The van der Waals surface area contributed by atoms with Crippen LogP contribution in [0, 0.1) is 6.92 Å². The Morgan fingerprint density at radius 1 is 1.32 bits per heavy atom. The van der Waals surface area contributed by atoms with Crippen molar-refractivity contribution < 1.29 is 9.53 Å². The van der Waals surface area contributed by atoms with E-state index in [9.17, 15) is 4.79 Å². The molecule has 1 amide bonds. The van der Waals surface area contributed by atoms with Gasteiger partial charge in [-0.3, -0.25) is 9.69 Å². The molecule has 1 fully saturated rings. The Bertz CT molecular complexity index is 675. The summed E-state index contributed by atoms with van der Waals surface area (Å²) < 4.78 is 5.35. The van der Waals surface area contributed by atoms with E-state index in [2.05, 4.69) is 28.5 Å². The van der Waals surface area contributed by atoms with Crippen LogP contribution >= 0.6 is 0 Å². The van der Waals surface area contributed by atoms with Gasteiger partial charge in [0.25, 0.3) is 0 Å². The molecule has 1 saturated heterocycles. The largest absolute Gasteiger partial charge is 0.497 e. The number of likely N-dealkylation sites (tertiary alicyclic amines) is 1. The van der Waals surface area contributed by atoms with Gasteiger partial charge in [0.2, 0.25) is 5.91 Å². The number of hydrogen-bond acceptors (Lipinski definition) is 4. The molecule has 0 saturated carbocycles. The molecule has 2 rings (SSSR count). The summed E-state index contributed by atoms with van der Waals surface area (Å²) in [5.74, 6) is 1.52. The molecule has 156 valence electrons. The van der Waals surface area contributed by atoms with Crippen LogP contribution in [0.15, 0.2) is 23.2 Å². The van der Waals surface area contributed by atoms with Gasteiger partial charge in [0, 0.05) is 26.7 Å². The highest BCUT2D eigenvalue weighted by atomic mass is 16.5. The van der Waals surface area contributed by atoms with Crippen molar-refractivity contribution in [3.8, 4) is 5.75 Å². The number of nitrogens with one attached hydrogen (secondary N) is 2. The van der Waals surface area contributed by atoms with Crippen LogP contribution in [0.5, 0.6) is 5.75 Å². The Labute approximate surface area is 169 Å². The lowest BCUT2D eigenvalue weighted by molar-refractivity contribution is -0.127. The van der Waals surface area contributed by atoms with Crippen LogP contribution < -0.4 is 15.4 Å². The van der Waals surface area contributed by atoms with E-state index in [-0.39, 0.29) is 12.5 Å². The molecular weight excluding hydrogens is 354 g/mol. The van der Waals surface area contributed by atoms with Crippen molar-refractivity contribution in [1.82, 2.24) is 20.4 Å². The molecule has 0 spiro atoms. The van der Waals surface area contributed by atoms with E-state index in [1.165, 1.54) is 12.8 Å². The number of carbonyl (C=O) groups excluding carboxylic acids is 1. The minimum absolute atomic E-state index is 0.0165. The molecule has 0 aliphatic carbocycles. The minimum Gasteiger partial charge on any atom is -0.497 e. The van der Waals surface area contributed by atoms with Gasteiger partial charge in [-0.25, -0.2) is 4.99 Å². The standard InChI is InChI=1S/C21H35N5O2/c1-6-26-9-7-8-18(26)14-23-21(24-15-20(27)25(3)4)22-13-17-10-16(2)11-19(12-17)28-5/h10-12,18H,6-9,13-15H2,1-5H3,(H2,22,23,24). The summed E-state index contributed by atoms with van der Waals surface area (Å²) in [6, 6.07) is 6.61. The number of nitrogens with zero attached hydrogens (tertiary/aromatic N) is 3. The number of likely N-dealkylation sites (N-methyl/N-ethyl adjacent to an activating group) is 2. The molecule has 1 unspecified atom stereocenters. The average Bonchev–Trinajstić information content (AvgIpc) is 3.14. The predicted octanol–water partition coefficient (Wildman–Crippen LogP) is 1.61. The van der Waals surface area contributed by atoms with Crippen LogP contribution in [-0.4, -0.2) is 75.1 Å². The van der Waals surface area contributed by atoms with E-state index in [4.69, 9.17) is 9.73 Å². The summed E-state index contributed by atoms with van der Waals surface area (Å²) in [7, 11) is 5.18. The van der Waals surface area contributed by atoms with E-state index in [1.807, 2.05) is 19.1 Å². The van der Waals surface area contributed by atoms with Gasteiger partial charge >= 0.3 is 0 Å². The lowest BCUT2D eigenvalue weighted by Gasteiger charge is -2.24. The Morgan fingerprint density at radius 3 is 2.79 bits per heavy atom. The van der Waals surface area contributed by atoms with Crippen molar-refractivity contribution in [1.29, 1.82) is 0 Å². The van der Waals surface area contributed by atoms with E-state index in [1.54, 1.807) is 26.1 Å². The van der Waals surface area contributed by atoms with E-state index in [0.717, 1.165) is 36.5 Å². The average molecular weight is 390 g/mol. The van der Waals surface area contributed by atoms with Crippen molar-refractivity contribution >= 4 is 11.9 Å². The van der Waals surface area contributed by atoms with E-state index >= 15 is 0 Å². The number of ether oxygens (including phenoxy) is 1. The number of rotatable bonds is 8. The number of aryl methyl sites for hydroxylation is 1. The Balaban J connectivity index is 2.04. The fourth-order valence-corrected chi connectivity index (χ4v) is 3.45. The minimum atomic E-state index is 0.0165. The van der Waals surface area contributed by atoms with Gasteiger partial charge in [-0.05, 0) is 56.1 Å².